The zero-order chi connectivity index (χ0) is 15.3. The van der Waals surface area contributed by atoms with Gasteiger partial charge in [0.05, 0.1) is 5.39 Å². The third-order valence-electron chi connectivity index (χ3n) is 4.02. The van der Waals surface area contributed by atoms with Crippen LogP contribution in [0, 0.1) is 6.92 Å². The minimum absolute atomic E-state index is 0.113. The van der Waals surface area contributed by atoms with Crippen molar-refractivity contribution in [2.75, 3.05) is 0 Å². The zero-order valence-corrected chi connectivity index (χ0v) is 14.2. The van der Waals surface area contributed by atoms with Crippen LogP contribution in [0.5, 0.6) is 0 Å². The van der Waals surface area contributed by atoms with E-state index in [-0.39, 0.29) is 5.56 Å². The SMILES string of the molecule is CCc1cc2c(=O)n3c(nc2s1)/C(=C/c1ccc(C)s1)CC3. The highest BCUT2D eigenvalue weighted by Gasteiger charge is 2.22. The Morgan fingerprint density at radius 3 is 2.95 bits per heavy atom. The van der Waals surface area contributed by atoms with E-state index >= 15 is 0 Å². The van der Waals surface area contributed by atoms with Crippen LogP contribution in [0.3, 0.4) is 0 Å². The molecule has 3 nitrogen and oxygen atoms in total. The number of hydrogen-bond donors (Lipinski definition) is 0. The van der Waals surface area contributed by atoms with Crippen molar-refractivity contribution in [3.8, 4) is 0 Å². The lowest BCUT2D eigenvalue weighted by atomic mass is 10.2. The highest BCUT2D eigenvalue weighted by Crippen LogP contribution is 2.31. The van der Waals surface area contributed by atoms with E-state index in [2.05, 4.69) is 32.1 Å². The molecular formula is C17H16N2OS2. The summed E-state index contributed by atoms with van der Waals surface area (Å²) in [5.74, 6) is 0.855. The van der Waals surface area contributed by atoms with Crippen molar-refractivity contribution in [2.24, 2.45) is 0 Å². The molecule has 0 saturated heterocycles. The number of rotatable bonds is 2. The van der Waals surface area contributed by atoms with E-state index in [0.717, 1.165) is 35.4 Å². The highest BCUT2D eigenvalue weighted by molar-refractivity contribution is 7.18. The first-order chi connectivity index (χ1) is 10.7. The van der Waals surface area contributed by atoms with Crippen LogP contribution in [0.1, 0.15) is 33.8 Å². The van der Waals surface area contributed by atoms with Crippen LogP contribution >= 0.6 is 22.7 Å². The normalized spacial score (nSPS) is 15.8. The van der Waals surface area contributed by atoms with Gasteiger partial charge in [-0.15, -0.1) is 22.7 Å². The van der Waals surface area contributed by atoms with E-state index < -0.39 is 0 Å². The lowest BCUT2D eigenvalue weighted by molar-refractivity contribution is 0.726. The first kappa shape index (κ1) is 13.9. The summed E-state index contributed by atoms with van der Waals surface area (Å²) in [5.41, 5.74) is 1.29. The summed E-state index contributed by atoms with van der Waals surface area (Å²) in [7, 11) is 0. The topological polar surface area (TPSA) is 34.9 Å². The zero-order valence-electron chi connectivity index (χ0n) is 12.5. The van der Waals surface area contributed by atoms with Gasteiger partial charge >= 0.3 is 0 Å². The number of thiophene rings is 2. The van der Waals surface area contributed by atoms with Crippen LogP contribution < -0.4 is 5.56 Å². The number of allylic oxidation sites excluding steroid dienone is 1. The van der Waals surface area contributed by atoms with Gasteiger partial charge < -0.3 is 0 Å². The molecule has 22 heavy (non-hydrogen) atoms. The van der Waals surface area contributed by atoms with Gasteiger partial charge in [0.2, 0.25) is 0 Å². The maximum atomic E-state index is 12.7. The van der Waals surface area contributed by atoms with Crippen molar-refractivity contribution < 1.29 is 0 Å². The van der Waals surface area contributed by atoms with E-state index in [1.165, 1.54) is 20.2 Å². The summed E-state index contributed by atoms with van der Waals surface area (Å²) >= 11 is 3.42. The third kappa shape index (κ3) is 2.16. The molecule has 0 aliphatic carbocycles. The molecule has 4 rings (SSSR count). The summed E-state index contributed by atoms with van der Waals surface area (Å²) in [6.07, 6.45) is 4.02. The summed E-state index contributed by atoms with van der Waals surface area (Å²) in [6, 6.07) is 6.27. The van der Waals surface area contributed by atoms with Gasteiger partial charge in [-0.25, -0.2) is 4.98 Å². The van der Waals surface area contributed by atoms with Gasteiger partial charge in [-0.05, 0) is 49.6 Å². The molecule has 1 aliphatic rings. The fourth-order valence-corrected chi connectivity index (χ4v) is 4.68. The second kappa shape index (κ2) is 5.18. The molecule has 0 amide bonds. The molecule has 0 aromatic carbocycles. The van der Waals surface area contributed by atoms with Crippen LogP contribution in [0.2, 0.25) is 0 Å². The van der Waals surface area contributed by atoms with Gasteiger partial charge in [0.1, 0.15) is 10.7 Å². The summed E-state index contributed by atoms with van der Waals surface area (Å²) < 4.78 is 1.83. The summed E-state index contributed by atoms with van der Waals surface area (Å²) in [4.78, 5) is 22.1. The van der Waals surface area contributed by atoms with Crippen LogP contribution in [0.15, 0.2) is 23.0 Å². The monoisotopic (exact) mass is 328 g/mol. The van der Waals surface area contributed by atoms with Crippen molar-refractivity contribution in [3.05, 3.63) is 49.0 Å². The lowest BCUT2D eigenvalue weighted by Crippen LogP contribution is -2.19. The van der Waals surface area contributed by atoms with Crippen molar-refractivity contribution in [3.63, 3.8) is 0 Å². The fraction of sp³-hybridized carbons (Fsp3) is 0.294. The number of aromatic nitrogens is 2. The van der Waals surface area contributed by atoms with Crippen LogP contribution in [-0.2, 0) is 13.0 Å². The minimum Gasteiger partial charge on any atom is -0.292 e. The molecule has 0 unspecified atom stereocenters. The van der Waals surface area contributed by atoms with Crippen LogP contribution in [0.4, 0.5) is 0 Å². The van der Waals surface area contributed by atoms with Gasteiger partial charge in [-0.1, -0.05) is 6.92 Å². The minimum atomic E-state index is 0.113. The number of aryl methyl sites for hydroxylation is 2. The number of fused-ring (bicyclic) bond motifs is 2. The van der Waals surface area contributed by atoms with Gasteiger partial charge in [0.15, 0.2) is 0 Å². The predicted molar refractivity (Wildman–Crippen MR) is 94.8 cm³/mol. The third-order valence-corrected chi connectivity index (χ3v) is 6.14. The van der Waals surface area contributed by atoms with E-state index in [1.807, 2.05) is 10.6 Å². The van der Waals surface area contributed by atoms with Gasteiger partial charge in [0, 0.05) is 21.2 Å². The Labute approximate surface area is 136 Å². The Balaban J connectivity index is 1.89. The maximum Gasteiger partial charge on any atom is 0.262 e. The molecule has 0 saturated carbocycles. The molecule has 112 valence electrons. The molecule has 3 aromatic rings. The first-order valence-electron chi connectivity index (χ1n) is 7.46. The Hall–Kier alpha value is -1.72. The van der Waals surface area contributed by atoms with Crippen LogP contribution in [0.25, 0.3) is 21.9 Å². The molecule has 4 heterocycles. The molecule has 0 spiro atoms. The number of nitrogens with zero attached hydrogens (tertiary/aromatic N) is 2. The Kier molecular flexibility index (Phi) is 3.27. The van der Waals surface area contributed by atoms with Crippen molar-refractivity contribution in [2.45, 2.75) is 33.2 Å². The first-order valence-corrected chi connectivity index (χ1v) is 9.09. The van der Waals surface area contributed by atoms with E-state index in [4.69, 9.17) is 4.98 Å². The molecule has 1 aliphatic heterocycles. The molecule has 0 N–H and O–H groups in total. The Morgan fingerprint density at radius 2 is 2.23 bits per heavy atom. The van der Waals surface area contributed by atoms with E-state index in [9.17, 15) is 4.79 Å². The Morgan fingerprint density at radius 1 is 1.36 bits per heavy atom. The molecule has 5 heteroatoms. The smallest absolute Gasteiger partial charge is 0.262 e. The largest absolute Gasteiger partial charge is 0.292 e. The average Bonchev–Trinajstić information content (AvgIpc) is 3.19. The molecule has 3 aromatic heterocycles. The standard InChI is InChI=1S/C17H16N2OS2/c1-3-12-9-14-16(22-12)18-15-11(6-7-19(15)17(14)20)8-13-5-4-10(2)21-13/h4-5,8-9H,3,6-7H2,1-2H3/b11-8+. The number of hydrogen-bond acceptors (Lipinski definition) is 4. The van der Waals surface area contributed by atoms with Gasteiger partial charge in [-0.3, -0.25) is 9.36 Å². The molecule has 0 fully saturated rings. The van der Waals surface area contributed by atoms with Crippen molar-refractivity contribution in [1.82, 2.24) is 9.55 Å². The van der Waals surface area contributed by atoms with Crippen LogP contribution in [-0.4, -0.2) is 9.55 Å². The van der Waals surface area contributed by atoms with E-state index in [1.54, 1.807) is 22.7 Å². The summed E-state index contributed by atoms with van der Waals surface area (Å²) in [5, 5.41) is 0.777. The average molecular weight is 328 g/mol. The molecule has 0 atom stereocenters. The van der Waals surface area contributed by atoms with Gasteiger partial charge in [-0.2, -0.15) is 0 Å². The molecule has 0 radical (unpaired) electrons. The van der Waals surface area contributed by atoms with Crippen molar-refractivity contribution in [1.29, 1.82) is 0 Å². The summed E-state index contributed by atoms with van der Waals surface area (Å²) in [6.45, 7) is 4.96. The highest BCUT2D eigenvalue weighted by atomic mass is 32.1. The van der Waals surface area contributed by atoms with Crippen molar-refractivity contribution >= 4 is 44.5 Å². The second-order valence-electron chi connectivity index (χ2n) is 5.55. The molecular weight excluding hydrogens is 312 g/mol. The lowest BCUT2D eigenvalue weighted by Gasteiger charge is -2.02. The van der Waals surface area contributed by atoms with Gasteiger partial charge in [0.25, 0.3) is 5.56 Å². The molecule has 0 bridgehead atoms. The fourth-order valence-electron chi connectivity index (χ4n) is 2.88. The maximum absolute atomic E-state index is 12.7. The predicted octanol–water partition coefficient (Wildman–Crippen LogP) is 4.33. The van der Waals surface area contributed by atoms with E-state index in [0.29, 0.717) is 0 Å². The second-order valence-corrected chi connectivity index (χ2v) is 7.98. The quantitative estimate of drug-likeness (QED) is 0.701. The Bertz CT molecular complexity index is 959.